The summed E-state index contributed by atoms with van der Waals surface area (Å²) in [5.41, 5.74) is 13.4. The maximum atomic E-state index is 2.46. The van der Waals surface area contributed by atoms with Crippen molar-refractivity contribution in [1.29, 1.82) is 0 Å². The highest BCUT2D eigenvalue weighted by Crippen LogP contribution is 2.45. The summed E-state index contributed by atoms with van der Waals surface area (Å²) in [6.07, 6.45) is 0. The molecular formula is C62H37NS2. The van der Waals surface area contributed by atoms with Crippen LogP contribution in [0.3, 0.4) is 0 Å². The van der Waals surface area contributed by atoms with E-state index in [0.29, 0.717) is 0 Å². The van der Waals surface area contributed by atoms with E-state index in [0.717, 1.165) is 5.69 Å². The van der Waals surface area contributed by atoms with Crippen LogP contribution in [0.4, 0.5) is 0 Å². The lowest BCUT2D eigenvalue weighted by atomic mass is 9.86. The third-order valence-electron chi connectivity index (χ3n) is 13.6. The van der Waals surface area contributed by atoms with Gasteiger partial charge in [0, 0.05) is 56.8 Å². The fourth-order valence-corrected chi connectivity index (χ4v) is 12.8. The average molecular weight is 860 g/mol. The minimum atomic E-state index is 1.14. The van der Waals surface area contributed by atoms with Crippen LogP contribution in [0.25, 0.3) is 134 Å². The SMILES string of the molecule is c1ccc(-c2c3ccccc3c(-c3ccc(-n4c5ccc(-c6ccc7sc8ccccc8c7c6)cc5c5cc(-c6ccc7sc8ccccc8c7c6)ccc54)cc3)c3ccccc23)cc1. The number of aromatic nitrogens is 1. The quantitative estimate of drug-likeness (QED) is 0.152. The first-order valence-electron chi connectivity index (χ1n) is 22.2. The van der Waals surface area contributed by atoms with Gasteiger partial charge in [-0.2, -0.15) is 0 Å². The molecule has 0 bridgehead atoms. The van der Waals surface area contributed by atoms with E-state index in [9.17, 15) is 0 Å². The van der Waals surface area contributed by atoms with Crippen molar-refractivity contribution < 1.29 is 0 Å². The summed E-state index contributed by atoms with van der Waals surface area (Å²) in [5, 5.41) is 12.8. The fraction of sp³-hybridized carbons (Fsp3) is 0. The number of rotatable bonds is 5. The summed E-state index contributed by atoms with van der Waals surface area (Å²) in [6.45, 7) is 0. The molecule has 0 atom stereocenters. The van der Waals surface area contributed by atoms with Crippen molar-refractivity contribution in [2.24, 2.45) is 0 Å². The smallest absolute Gasteiger partial charge is 0.0541 e. The molecule has 0 radical (unpaired) electrons. The molecular weight excluding hydrogens is 823 g/mol. The molecule has 14 aromatic rings. The lowest BCUT2D eigenvalue weighted by Gasteiger charge is -2.18. The number of nitrogens with zero attached hydrogens (tertiary/aromatic N) is 1. The van der Waals surface area contributed by atoms with Gasteiger partial charge in [-0.3, -0.25) is 0 Å². The second-order valence-corrected chi connectivity index (χ2v) is 19.3. The van der Waals surface area contributed by atoms with Gasteiger partial charge in [0.25, 0.3) is 0 Å². The second-order valence-electron chi connectivity index (χ2n) is 17.2. The molecule has 0 fully saturated rings. The van der Waals surface area contributed by atoms with Crippen LogP contribution in [-0.2, 0) is 0 Å². The Labute approximate surface area is 383 Å². The zero-order valence-corrected chi connectivity index (χ0v) is 36.8. The monoisotopic (exact) mass is 859 g/mol. The van der Waals surface area contributed by atoms with Crippen LogP contribution in [0.2, 0.25) is 0 Å². The third kappa shape index (κ3) is 5.69. The van der Waals surface area contributed by atoms with Crippen LogP contribution in [0, 0.1) is 0 Å². The summed E-state index contributed by atoms with van der Waals surface area (Å²) in [4.78, 5) is 0. The van der Waals surface area contributed by atoms with Crippen LogP contribution in [-0.4, -0.2) is 4.57 Å². The molecule has 0 saturated heterocycles. The normalized spacial score (nSPS) is 12.0. The molecule has 0 saturated carbocycles. The number of hydrogen-bond acceptors (Lipinski definition) is 2. The summed E-state index contributed by atoms with van der Waals surface area (Å²) >= 11 is 3.74. The molecule has 0 amide bonds. The van der Waals surface area contributed by atoms with Gasteiger partial charge in [0.2, 0.25) is 0 Å². The molecule has 0 spiro atoms. The van der Waals surface area contributed by atoms with Crippen molar-refractivity contribution in [3.05, 3.63) is 224 Å². The zero-order valence-electron chi connectivity index (χ0n) is 35.1. The first-order chi connectivity index (χ1) is 32.2. The minimum absolute atomic E-state index is 1.14. The molecule has 302 valence electrons. The van der Waals surface area contributed by atoms with E-state index in [1.807, 2.05) is 22.7 Å². The molecule has 65 heavy (non-hydrogen) atoms. The molecule has 1 nitrogen and oxygen atoms in total. The van der Waals surface area contributed by atoms with Crippen molar-refractivity contribution in [1.82, 2.24) is 4.57 Å². The van der Waals surface area contributed by atoms with Gasteiger partial charge in [-0.25, -0.2) is 0 Å². The topological polar surface area (TPSA) is 4.93 Å². The third-order valence-corrected chi connectivity index (χ3v) is 15.9. The average Bonchev–Trinajstić information content (AvgIpc) is 4.04. The standard InChI is InChI=1S/C62H37NS2/c1-2-12-38(13-3-1)61-47-16-4-6-18-49(47)62(50-19-7-5-17-48(50)61)39-22-28-44(29-23-39)63-55-30-24-40(42-26-32-59-53(36-42)45-14-8-10-20-57(45)64-59)34-51(55)52-35-41(25-31-56(52)63)43-27-33-60-54(37-43)46-15-9-11-21-58(46)65-60/h1-37H. The minimum Gasteiger partial charge on any atom is -0.309 e. The fourth-order valence-electron chi connectivity index (χ4n) is 10.6. The Morgan fingerprint density at radius 2 is 0.569 bits per heavy atom. The van der Waals surface area contributed by atoms with E-state index >= 15 is 0 Å². The first-order valence-corrected chi connectivity index (χ1v) is 23.9. The van der Waals surface area contributed by atoms with Gasteiger partial charge < -0.3 is 4.57 Å². The number of hydrogen-bond donors (Lipinski definition) is 0. The lowest BCUT2D eigenvalue weighted by molar-refractivity contribution is 1.18. The van der Waals surface area contributed by atoms with Crippen molar-refractivity contribution in [2.75, 3.05) is 0 Å². The predicted molar refractivity (Wildman–Crippen MR) is 283 cm³/mol. The largest absolute Gasteiger partial charge is 0.309 e. The van der Waals surface area contributed by atoms with Gasteiger partial charge in [0.05, 0.1) is 11.0 Å². The maximum absolute atomic E-state index is 2.46. The van der Waals surface area contributed by atoms with Crippen LogP contribution in [0.1, 0.15) is 0 Å². The lowest BCUT2D eigenvalue weighted by Crippen LogP contribution is -1.95. The van der Waals surface area contributed by atoms with Crippen molar-refractivity contribution in [2.45, 2.75) is 0 Å². The predicted octanol–water partition coefficient (Wildman–Crippen LogP) is 18.5. The molecule has 0 aliphatic carbocycles. The highest BCUT2D eigenvalue weighted by Gasteiger charge is 2.19. The van der Waals surface area contributed by atoms with Crippen LogP contribution < -0.4 is 0 Å². The Hall–Kier alpha value is -7.82. The molecule has 0 unspecified atom stereocenters. The number of fused-ring (bicyclic) bond motifs is 11. The zero-order chi connectivity index (χ0) is 42.6. The Morgan fingerprint density at radius 3 is 1.03 bits per heavy atom. The van der Waals surface area contributed by atoms with Gasteiger partial charge in [0.15, 0.2) is 0 Å². The van der Waals surface area contributed by atoms with Crippen LogP contribution in [0.15, 0.2) is 224 Å². The second kappa shape index (κ2) is 14.4. The highest BCUT2D eigenvalue weighted by atomic mass is 32.1. The van der Waals surface area contributed by atoms with E-state index in [4.69, 9.17) is 0 Å². The summed E-state index contributed by atoms with van der Waals surface area (Å²) < 4.78 is 7.77. The first kappa shape index (κ1) is 36.6. The van der Waals surface area contributed by atoms with E-state index in [-0.39, 0.29) is 0 Å². The van der Waals surface area contributed by atoms with E-state index in [2.05, 4.69) is 229 Å². The molecule has 11 aromatic carbocycles. The summed E-state index contributed by atoms with van der Waals surface area (Å²) in [7, 11) is 0. The van der Waals surface area contributed by atoms with Gasteiger partial charge in [-0.05, 0) is 139 Å². The van der Waals surface area contributed by atoms with Gasteiger partial charge >= 0.3 is 0 Å². The van der Waals surface area contributed by atoms with E-state index in [1.54, 1.807) is 0 Å². The molecule has 3 aromatic heterocycles. The van der Waals surface area contributed by atoms with Crippen molar-refractivity contribution >= 4 is 106 Å². The van der Waals surface area contributed by atoms with Gasteiger partial charge in [-0.15, -0.1) is 22.7 Å². The number of benzene rings is 11. The molecule has 3 heteroatoms. The van der Waals surface area contributed by atoms with Gasteiger partial charge in [0.1, 0.15) is 0 Å². The Balaban J connectivity index is 0.956. The molecule has 3 heterocycles. The molecule has 0 aliphatic rings. The van der Waals surface area contributed by atoms with Crippen molar-refractivity contribution in [3.63, 3.8) is 0 Å². The molecule has 0 N–H and O–H groups in total. The Kier molecular flexibility index (Phi) is 8.09. The van der Waals surface area contributed by atoms with Crippen LogP contribution in [0.5, 0.6) is 0 Å². The van der Waals surface area contributed by atoms with E-state index < -0.39 is 0 Å². The van der Waals surface area contributed by atoms with Crippen LogP contribution >= 0.6 is 22.7 Å². The summed E-state index contributed by atoms with van der Waals surface area (Å²) in [5.74, 6) is 0. The molecule has 0 aliphatic heterocycles. The molecule has 14 rings (SSSR count). The van der Waals surface area contributed by atoms with Gasteiger partial charge in [-0.1, -0.05) is 152 Å². The summed E-state index contributed by atoms with van der Waals surface area (Å²) in [6, 6.07) is 83.6. The number of thiophene rings is 2. The Bertz CT molecular complexity index is 4000. The Morgan fingerprint density at radius 1 is 0.231 bits per heavy atom. The maximum Gasteiger partial charge on any atom is 0.0541 e. The highest BCUT2D eigenvalue weighted by molar-refractivity contribution is 7.26. The van der Waals surface area contributed by atoms with E-state index in [1.165, 1.54) is 128 Å². The van der Waals surface area contributed by atoms with Crippen molar-refractivity contribution in [3.8, 4) is 50.2 Å².